The van der Waals surface area contributed by atoms with Gasteiger partial charge < -0.3 is 18.0 Å². The fourth-order valence-electron chi connectivity index (χ4n) is 8.92. The van der Waals surface area contributed by atoms with Crippen LogP contribution in [-0.4, -0.2) is 65.3 Å². The molecule has 0 amide bonds. The van der Waals surface area contributed by atoms with Crippen LogP contribution < -0.4 is 5.56 Å². The Hall–Kier alpha value is -1.41. The van der Waals surface area contributed by atoms with Crippen LogP contribution in [0.4, 0.5) is 0 Å². The second-order valence-electron chi connectivity index (χ2n) is 21.1. The number of para-hydroxylation sites is 1. The molecule has 7 nitrogen and oxygen atoms in total. The number of aryl methyl sites for hydroxylation is 1. The number of hydrogen-bond donors (Lipinski definition) is 0. The van der Waals surface area contributed by atoms with Crippen LogP contribution in [0.2, 0.25) is 58.9 Å². The number of nitrogens with zero attached hydrogens (tertiary/aromatic N) is 2. The van der Waals surface area contributed by atoms with Gasteiger partial charge in [-0.1, -0.05) is 141 Å². The molecule has 1 fully saturated rings. The monoisotopic (exact) mass is 885 g/mol. The number of aromatic nitrogens is 2. The van der Waals surface area contributed by atoms with Gasteiger partial charge in [-0.3, -0.25) is 4.79 Å². The van der Waals surface area contributed by atoms with Gasteiger partial charge in [0.2, 0.25) is 0 Å². The maximum Gasteiger partial charge on any atom is 0.274 e. The Morgan fingerprint density at radius 1 is 0.617 bits per heavy atom. The Morgan fingerprint density at radius 3 is 1.47 bits per heavy atom. The summed E-state index contributed by atoms with van der Waals surface area (Å²) in [6, 6.07) is 11.7. The summed E-state index contributed by atoms with van der Waals surface area (Å²) >= 11 is 0. The van der Waals surface area contributed by atoms with E-state index in [1.54, 1.807) is 4.68 Å². The van der Waals surface area contributed by atoms with Crippen LogP contribution in [0.5, 0.6) is 0 Å². The first-order valence-corrected chi connectivity index (χ1v) is 35.0. The molecule has 0 radical (unpaired) electrons. The van der Waals surface area contributed by atoms with Crippen LogP contribution in [0, 0.1) is 6.92 Å². The van der Waals surface area contributed by atoms with E-state index in [1.807, 2.05) is 43.3 Å². The molecule has 5 atom stereocenters. The minimum atomic E-state index is -1.78. The molecule has 344 valence electrons. The van der Waals surface area contributed by atoms with E-state index >= 15 is 0 Å². The second-order valence-corrected chi connectivity index (χ2v) is 34.5. The third-order valence-corrected chi connectivity index (χ3v) is 14.7. The van der Waals surface area contributed by atoms with Crippen molar-refractivity contribution in [2.24, 2.45) is 0 Å². The minimum absolute atomic E-state index is 0.0372. The van der Waals surface area contributed by atoms with Crippen molar-refractivity contribution in [1.29, 1.82) is 0 Å². The molecule has 1 aromatic heterocycles. The summed E-state index contributed by atoms with van der Waals surface area (Å²) < 4.78 is 28.9. The molecule has 1 saturated heterocycles. The van der Waals surface area contributed by atoms with Crippen molar-refractivity contribution < 1.29 is 18.0 Å². The van der Waals surface area contributed by atoms with Gasteiger partial charge in [0, 0.05) is 18.1 Å². The molecule has 1 aliphatic rings. The van der Waals surface area contributed by atoms with Crippen molar-refractivity contribution in [2.75, 3.05) is 0 Å². The first kappa shape index (κ1) is 52.9. The molecule has 1 aliphatic heterocycles. The molecule has 1 aromatic carbocycles. The van der Waals surface area contributed by atoms with E-state index in [2.05, 4.69) is 70.9 Å². The van der Waals surface area contributed by atoms with Gasteiger partial charge in [0.05, 0.1) is 35.8 Å². The normalized spacial score (nSPS) is 17.9. The number of hydrogen-bond acceptors (Lipinski definition) is 6. The minimum Gasteiger partial charge on any atom is -0.414 e. The topological polar surface area (TPSA) is 71.8 Å². The fraction of sp³-hybridized carbons (Fsp3) is 0.800. The van der Waals surface area contributed by atoms with Crippen LogP contribution in [0.15, 0.2) is 41.2 Å². The van der Waals surface area contributed by atoms with Crippen molar-refractivity contribution >= 4 is 25.0 Å². The Morgan fingerprint density at radius 2 is 1.03 bits per heavy atom. The lowest BCUT2D eigenvalue weighted by molar-refractivity contribution is -0.0694. The highest BCUT2D eigenvalue weighted by Crippen LogP contribution is 2.33. The number of ether oxygens (including phenoxy) is 1. The summed E-state index contributed by atoms with van der Waals surface area (Å²) in [6.07, 6.45) is 30.6. The van der Waals surface area contributed by atoms with E-state index in [0.29, 0.717) is 6.42 Å². The average molecular weight is 886 g/mol. The molecule has 60 heavy (non-hydrogen) atoms. The molecule has 0 N–H and O–H groups in total. The summed E-state index contributed by atoms with van der Waals surface area (Å²) in [6.45, 7) is 25.0. The maximum absolute atomic E-state index is 13.5. The standard InChI is InChI=1S/C50H92N2O5Si3/c1-12-13-14-15-16-17-18-22-25-31-36-48(56-59(6,7)8)46-38-39-47(54-46)49(57-60(9,10)11)37-32-26-23-20-19-21-24-30-35-45(55-58(3,4)5)41-43-40-42(2)51-52(50(43)53)44-33-28-27-29-34-44/h27-29,33-34,40,45-49H,12-26,30-32,35-39,41H2,1-11H3/t45-,46-,47-,48-,49-/m1/s1. The number of unbranched alkanes of at least 4 members (excludes halogenated alkanes) is 16. The predicted octanol–water partition coefficient (Wildman–Crippen LogP) is 14.5. The van der Waals surface area contributed by atoms with Crippen molar-refractivity contribution in [3.05, 3.63) is 58.0 Å². The van der Waals surface area contributed by atoms with Gasteiger partial charge in [0.25, 0.3) is 5.56 Å². The summed E-state index contributed by atoms with van der Waals surface area (Å²) in [4.78, 5) is 13.5. The number of benzene rings is 1. The second kappa shape index (κ2) is 27.7. The van der Waals surface area contributed by atoms with Crippen molar-refractivity contribution in [3.63, 3.8) is 0 Å². The summed E-state index contributed by atoms with van der Waals surface area (Å²) in [7, 11) is -5.18. The zero-order chi connectivity index (χ0) is 44.0. The predicted molar refractivity (Wildman–Crippen MR) is 263 cm³/mol. The highest BCUT2D eigenvalue weighted by atomic mass is 28.4. The molecule has 0 saturated carbocycles. The molecular formula is C50H92N2O5Si3. The highest BCUT2D eigenvalue weighted by Gasteiger charge is 2.39. The fourth-order valence-corrected chi connectivity index (χ4v) is 12.5. The van der Waals surface area contributed by atoms with E-state index in [9.17, 15) is 4.79 Å². The maximum atomic E-state index is 13.5. The van der Waals surface area contributed by atoms with Crippen molar-refractivity contribution in [2.45, 2.75) is 257 Å². The Kier molecular flexibility index (Phi) is 24.4. The van der Waals surface area contributed by atoms with Crippen LogP contribution >= 0.6 is 0 Å². The van der Waals surface area contributed by atoms with E-state index in [-0.39, 0.29) is 36.1 Å². The van der Waals surface area contributed by atoms with Gasteiger partial charge in [-0.25, -0.2) is 0 Å². The molecule has 2 aromatic rings. The Labute approximate surface area is 372 Å². The van der Waals surface area contributed by atoms with E-state index in [0.717, 1.165) is 55.5 Å². The lowest BCUT2D eigenvalue weighted by Crippen LogP contribution is -2.42. The molecule has 0 aliphatic carbocycles. The Bertz CT molecular complexity index is 1490. The third-order valence-electron chi connectivity index (χ3n) is 11.6. The quantitative estimate of drug-likeness (QED) is 0.0525. The van der Waals surface area contributed by atoms with Gasteiger partial charge in [-0.05, 0) is 116 Å². The van der Waals surface area contributed by atoms with Crippen LogP contribution in [0.3, 0.4) is 0 Å². The van der Waals surface area contributed by atoms with E-state index in [4.69, 9.17) is 18.0 Å². The number of rotatable bonds is 33. The van der Waals surface area contributed by atoms with E-state index in [1.165, 1.54) is 109 Å². The Balaban J connectivity index is 1.39. The molecule has 0 unspecified atom stereocenters. The van der Waals surface area contributed by atoms with Crippen LogP contribution in [-0.2, 0) is 24.4 Å². The van der Waals surface area contributed by atoms with Gasteiger partial charge in [0.1, 0.15) is 0 Å². The summed E-state index contributed by atoms with van der Waals surface area (Å²) in [5, 5.41) is 4.55. The highest BCUT2D eigenvalue weighted by molar-refractivity contribution is 6.70. The summed E-state index contributed by atoms with van der Waals surface area (Å²) in [5.74, 6) is 0. The van der Waals surface area contributed by atoms with Crippen LogP contribution in [0.1, 0.15) is 166 Å². The van der Waals surface area contributed by atoms with Gasteiger partial charge in [-0.2, -0.15) is 9.78 Å². The lowest BCUT2D eigenvalue weighted by atomic mass is 9.99. The molecule has 0 bridgehead atoms. The molecule has 2 heterocycles. The first-order chi connectivity index (χ1) is 28.4. The lowest BCUT2D eigenvalue weighted by Gasteiger charge is -2.33. The first-order valence-electron chi connectivity index (χ1n) is 24.8. The van der Waals surface area contributed by atoms with E-state index < -0.39 is 25.0 Å². The van der Waals surface area contributed by atoms with Crippen molar-refractivity contribution in [3.8, 4) is 5.69 Å². The SMILES string of the molecule is CCCCCCCCCCCC[C@@H](O[Si](C)(C)C)[C@H]1CC[C@H]([C@@H](CCCCCCCCCC[C@H](Cc2cc(C)nn(-c3ccccc3)c2=O)O[Si](C)(C)C)O[Si](C)(C)C)O1. The van der Waals surface area contributed by atoms with Crippen molar-refractivity contribution in [1.82, 2.24) is 9.78 Å². The van der Waals surface area contributed by atoms with Gasteiger partial charge in [-0.15, -0.1) is 0 Å². The van der Waals surface area contributed by atoms with Crippen LogP contribution in [0.25, 0.3) is 5.69 Å². The largest absolute Gasteiger partial charge is 0.414 e. The summed E-state index contributed by atoms with van der Waals surface area (Å²) in [5.41, 5.74) is 2.42. The third kappa shape index (κ3) is 22.8. The van der Waals surface area contributed by atoms with Gasteiger partial charge >= 0.3 is 0 Å². The zero-order valence-electron chi connectivity index (χ0n) is 40.8. The molecule has 3 rings (SSSR count). The molecular weight excluding hydrogens is 793 g/mol. The molecule has 0 spiro atoms. The van der Waals surface area contributed by atoms with Gasteiger partial charge in [0.15, 0.2) is 25.0 Å². The zero-order valence-corrected chi connectivity index (χ0v) is 43.8. The average Bonchev–Trinajstić information content (AvgIpc) is 3.66. The molecule has 10 heteroatoms. The smallest absolute Gasteiger partial charge is 0.274 e.